The Morgan fingerprint density at radius 3 is 2.50 bits per heavy atom. The number of methoxy groups -OCH3 is 1. The molecule has 2 radical (unpaired) electrons. The molecule has 14 heavy (non-hydrogen) atoms. The zero-order valence-corrected chi connectivity index (χ0v) is 7.37. The van der Waals surface area contributed by atoms with Crippen molar-refractivity contribution in [2.75, 3.05) is 7.11 Å². The number of cyclic esters (lactones) is 2. The van der Waals surface area contributed by atoms with Crippen molar-refractivity contribution in [2.24, 2.45) is 0 Å². The lowest BCUT2D eigenvalue weighted by Crippen LogP contribution is -2.14. The largest absolute Gasteiger partial charge is 0.496 e. The molecule has 5 heteroatoms. The fraction of sp³-hybridized carbons (Fsp3) is 0.111. The summed E-state index contributed by atoms with van der Waals surface area (Å²) in [5.74, 6) is -1.14. The summed E-state index contributed by atoms with van der Waals surface area (Å²) in [6.45, 7) is 0. The van der Waals surface area contributed by atoms with E-state index in [1.54, 1.807) is 0 Å². The van der Waals surface area contributed by atoms with Crippen LogP contribution in [0.4, 0.5) is 0 Å². The van der Waals surface area contributed by atoms with E-state index < -0.39 is 11.9 Å². The van der Waals surface area contributed by atoms with Crippen LogP contribution in [0.5, 0.6) is 5.75 Å². The third-order valence-corrected chi connectivity index (χ3v) is 2.01. The van der Waals surface area contributed by atoms with Crippen LogP contribution in [0.2, 0.25) is 0 Å². The monoisotopic (exact) mass is 188 g/mol. The first-order valence-electron chi connectivity index (χ1n) is 3.88. The molecule has 0 amide bonds. The molecule has 4 nitrogen and oxygen atoms in total. The van der Waals surface area contributed by atoms with Gasteiger partial charge in [-0.1, -0.05) is 11.5 Å². The fourth-order valence-electron chi connectivity index (χ4n) is 1.38. The Bertz CT molecular complexity index is 439. The number of benzene rings is 1. The highest BCUT2D eigenvalue weighted by Gasteiger charge is 2.34. The summed E-state index contributed by atoms with van der Waals surface area (Å²) in [7, 11) is 6.94. The molecule has 1 aliphatic heterocycles. The van der Waals surface area contributed by atoms with Gasteiger partial charge in [0, 0.05) is 0 Å². The van der Waals surface area contributed by atoms with Crippen LogP contribution in [0.15, 0.2) is 12.1 Å². The SMILES string of the molecule is [B]c1ccc(OC)c2c1C(=O)OC2=O. The molecule has 2 rings (SSSR count). The van der Waals surface area contributed by atoms with Gasteiger partial charge in [0.1, 0.15) is 19.2 Å². The summed E-state index contributed by atoms with van der Waals surface area (Å²) in [6.07, 6.45) is 0. The summed E-state index contributed by atoms with van der Waals surface area (Å²) < 4.78 is 9.34. The average Bonchev–Trinajstić information content (AvgIpc) is 2.44. The highest BCUT2D eigenvalue weighted by molar-refractivity contribution is 6.39. The van der Waals surface area contributed by atoms with Gasteiger partial charge in [-0.05, 0) is 6.07 Å². The van der Waals surface area contributed by atoms with Gasteiger partial charge in [-0.3, -0.25) is 0 Å². The van der Waals surface area contributed by atoms with Crippen LogP contribution < -0.4 is 10.2 Å². The van der Waals surface area contributed by atoms with Crippen LogP contribution in [-0.4, -0.2) is 26.9 Å². The van der Waals surface area contributed by atoms with E-state index in [0.717, 1.165) is 0 Å². The maximum absolute atomic E-state index is 11.2. The van der Waals surface area contributed by atoms with E-state index in [1.807, 2.05) is 0 Å². The first-order chi connectivity index (χ1) is 6.65. The number of rotatable bonds is 1. The molecule has 0 saturated carbocycles. The van der Waals surface area contributed by atoms with Crippen LogP contribution in [0.1, 0.15) is 20.7 Å². The minimum atomic E-state index is -0.721. The van der Waals surface area contributed by atoms with E-state index in [2.05, 4.69) is 4.74 Å². The van der Waals surface area contributed by atoms with Gasteiger partial charge in [-0.25, -0.2) is 9.59 Å². The van der Waals surface area contributed by atoms with Crippen molar-refractivity contribution in [1.29, 1.82) is 0 Å². The molecule has 1 aliphatic rings. The molecular weight excluding hydrogens is 183 g/mol. The summed E-state index contributed by atoms with van der Waals surface area (Å²) >= 11 is 0. The Morgan fingerprint density at radius 2 is 1.86 bits per heavy atom. The number of carbonyl (C=O) groups excluding carboxylic acids is 2. The maximum atomic E-state index is 11.2. The molecule has 68 valence electrons. The lowest BCUT2D eigenvalue weighted by molar-refractivity contribution is 0.0443. The summed E-state index contributed by atoms with van der Waals surface area (Å²) in [6, 6.07) is 3.02. The van der Waals surface area contributed by atoms with Crippen molar-refractivity contribution in [3.63, 3.8) is 0 Å². The molecule has 1 aromatic carbocycles. The molecule has 0 aliphatic carbocycles. The smallest absolute Gasteiger partial charge is 0.350 e. The molecule has 1 heterocycles. The predicted octanol–water partition coefficient (Wildman–Crippen LogP) is -0.200. The zero-order valence-electron chi connectivity index (χ0n) is 7.37. The van der Waals surface area contributed by atoms with E-state index >= 15 is 0 Å². The molecule has 0 saturated heterocycles. The van der Waals surface area contributed by atoms with Gasteiger partial charge in [0.2, 0.25) is 0 Å². The molecule has 0 unspecified atom stereocenters. The maximum Gasteiger partial charge on any atom is 0.350 e. The Labute approximate surface area is 81.2 Å². The van der Waals surface area contributed by atoms with Gasteiger partial charge in [0.15, 0.2) is 0 Å². The van der Waals surface area contributed by atoms with E-state index in [9.17, 15) is 9.59 Å². The van der Waals surface area contributed by atoms with Gasteiger partial charge in [-0.2, -0.15) is 0 Å². The molecule has 0 spiro atoms. The highest BCUT2D eigenvalue weighted by atomic mass is 16.6. The molecule has 0 atom stereocenters. The molecule has 1 aromatic rings. The molecule has 0 aromatic heterocycles. The first kappa shape index (κ1) is 8.81. The Morgan fingerprint density at radius 1 is 1.21 bits per heavy atom. The van der Waals surface area contributed by atoms with Crippen molar-refractivity contribution in [2.45, 2.75) is 0 Å². The van der Waals surface area contributed by atoms with Gasteiger partial charge in [0.25, 0.3) is 0 Å². The quantitative estimate of drug-likeness (QED) is 0.348. The van der Waals surface area contributed by atoms with E-state index in [1.165, 1.54) is 19.2 Å². The Hall–Kier alpha value is -1.78. The number of carbonyl (C=O) groups is 2. The molecule has 0 bridgehead atoms. The molecule has 0 N–H and O–H groups in total. The lowest BCUT2D eigenvalue weighted by Gasteiger charge is -2.04. The first-order valence-corrected chi connectivity index (χ1v) is 3.88. The third-order valence-electron chi connectivity index (χ3n) is 2.01. The summed E-state index contributed by atoms with van der Waals surface area (Å²) in [4.78, 5) is 22.4. The second kappa shape index (κ2) is 2.87. The third kappa shape index (κ3) is 1.02. The van der Waals surface area contributed by atoms with Crippen LogP contribution in [0.25, 0.3) is 0 Å². The van der Waals surface area contributed by atoms with Crippen molar-refractivity contribution in [1.82, 2.24) is 0 Å². The Kier molecular flexibility index (Phi) is 1.80. The van der Waals surface area contributed by atoms with Crippen molar-refractivity contribution in [3.05, 3.63) is 23.3 Å². The second-order valence-electron chi connectivity index (χ2n) is 2.78. The minimum Gasteiger partial charge on any atom is -0.496 e. The van der Waals surface area contributed by atoms with Crippen molar-refractivity contribution < 1.29 is 19.1 Å². The second-order valence-corrected chi connectivity index (χ2v) is 2.78. The van der Waals surface area contributed by atoms with Crippen LogP contribution in [-0.2, 0) is 4.74 Å². The number of hydrogen-bond donors (Lipinski definition) is 0. The van der Waals surface area contributed by atoms with Crippen molar-refractivity contribution in [3.8, 4) is 5.75 Å². The van der Waals surface area contributed by atoms with Crippen LogP contribution in [0.3, 0.4) is 0 Å². The predicted molar refractivity (Wildman–Crippen MR) is 48.1 cm³/mol. The molecule has 0 fully saturated rings. The van der Waals surface area contributed by atoms with E-state index in [-0.39, 0.29) is 16.6 Å². The summed E-state index contributed by atoms with van der Waals surface area (Å²) in [5, 5.41) is 0. The summed E-state index contributed by atoms with van der Waals surface area (Å²) in [5.41, 5.74) is 0.420. The number of hydrogen-bond acceptors (Lipinski definition) is 4. The van der Waals surface area contributed by atoms with Gasteiger partial charge in [-0.15, -0.1) is 0 Å². The standard InChI is InChI=1S/C9H5BO4/c1-13-5-3-2-4(10)6-7(5)9(12)14-8(6)11/h2-3H,1H3. The van der Waals surface area contributed by atoms with Crippen molar-refractivity contribution >= 4 is 25.2 Å². The lowest BCUT2D eigenvalue weighted by atomic mass is 9.88. The zero-order chi connectivity index (χ0) is 10.3. The van der Waals surface area contributed by atoms with Crippen LogP contribution in [0, 0.1) is 0 Å². The van der Waals surface area contributed by atoms with Gasteiger partial charge in [0.05, 0.1) is 12.7 Å². The highest BCUT2D eigenvalue weighted by Crippen LogP contribution is 2.27. The van der Waals surface area contributed by atoms with Crippen LogP contribution >= 0.6 is 0 Å². The fourth-order valence-corrected chi connectivity index (χ4v) is 1.38. The normalized spacial score (nSPS) is 13.8. The number of fused-ring (bicyclic) bond motifs is 1. The topological polar surface area (TPSA) is 52.6 Å². The number of ether oxygens (including phenoxy) is 2. The molecular formula is C9H5BO4. The van der Waals surface area contributed by atoms with E-state index in [4.69, 9.17) is 12.6 Å². The van der Waals surface area contributed by atoms with Gasteiger partial charge < -0.3 is 9.47 Å². The Balaban J connectivity index is 2.76. The average molecular weight is 188 g/mol. The number of esters is 2. The van der Waals surface area contributed by atoms with E-state index in [0.29, 0.717) is 5.75 Å². The minimum absolute atomic E-state index is 0.0920. The van der Waals surface area contributed by atoms with Gasteiger partial charge >= 0.3 is 11.9 Å².